The highest BCUT2D eigenvalue weighted by molar-refractivity contribution is 6.34. The van der Waals surface area contributed by atoms with Crippen LogP contribution in [0.4, 0.5) is 5.69 Å². The number of hydrogen-bond acceptors (Lipinski definition) is 3. The third-order valence-electron chi connectivity index (χ3n) is 2.96. The molecule has 0 aliphatic carbocycles. The van der Waals surface area contributed by atoms with Crippen LogP contribution in [0.15, 0.2) is 18.2 Å². The summed E-state index contributed by atoms with van der Waals surface area (Å²) in [5.74, 6) is -3.25. The molecule has 1 saturated heterocycles. The summed E-state index contributed by atoms with van der Waals surface area (Å²) < 4.78 is 0. The highest BCUT2D eigenvalue weighted by atomic mass is 35.5. The van der Waals surface area contributed by atoms with Gasteiger partial charge in [0, 0.05) is 13.0 Å². The maximum atomic E-state index is 11.7. The van der Waals surface area contributed by atoms with Gasteiger partial charge in [0.1, 0.15) is 0 Å². The molecule has 0 aromatic heterocycles. The van der Waals surface area contributed by atoms with Gasteiger partial charge in [-0.3, -0.25) is 9.59 Å². The lowest BCUT2D eigenvalue weighted by Gasteiger charge is -2.17. The Hall–Kier alpha value is -2.08. The Morgan fingerprint density at radius 3 is 2.47 bits per heavy atom. The van der Waals surface area contributed by atoms with Gasteiger partial charge in [-0.25, -0.2) is 4.79 Å². The average molecular weight is 284 g/mol. The van der Waals surface area contributed by atoms with E-state index in [1.807, 2.05) is 0 Å². The van der Waals surface area contributed by atoms with Crippen molar-refractivity contribution in [3.63, 3.8) is 0 Å². The van der Waals surface area contributed by atoms with Crippen molar-refractivity contribution in [2.24, 2.45) is 5.92 Å². The van der Waals surface area contributed by atoms with E-state index >= 15 is 0 Å². The van der Waals surface area contributed by atoms with Gasteiger partial charge in [0.15, 0.2) is 0 Å². The van der Waals surface area contributed by atoms with E-state index in [9.17, 15) is 14.4 Å². The molecule has 0 bridgehead atoms. The number of nitrogens with zero attached hydrogens (tertiary/aromatic N) is 1. The summed E-state index contributed by atoms with van der Waals surface area (Å²) in [6.07, 6.45) is -0.0770. The van der Waals surface area contributed by atoms with Crippen molar-refractivity contribution in [3.8, 4) is 0 Å². The topological polar surface area (TPSA) is 94.9 Å². The van der Waals surface area contributed by atoms with Crippen molar-refractivity contribution < 1.29 is 24.6 Å². The van der Waals surface area contributed by atoms with Crippen molar-refractivity contribution in [2.75, 3.05) is 11.4 Å². The van der Waals surface area contributed by atoms with E-state index in [0.717, 1.165) is 0 Å². The first-order valence-electron chi connectivity index (χ1n) is 5.46. The van der Waals surface area contributed by atoms with Crippen LogP contribution in [0.25, 0.3) is 0 Å². The van der Waals surface area contributed by atoms with Gasteiger partial charge in [-0.15, -0.1) is 0 Å². The minimum Gasteiger partial charge on any atom is -0.481 e. The molecule has 1 heterocycles. The fraction of sp³-hybridized carbons (Fsp3) is 0.250. The number of carbonyl (C=O) groups excluding carboxylic acids is 1. The van der Waals surface area contributed by atoms with Gasteiger partial charge >= 0.3 is 11.9 Å². The van der Waals surface area contributed by atoms with Crippen LogP contribution in [-0.4, -0.2) is 34.6 Å². The van der Waals surface area contributed by atoms with Crippen LogP contribution in [0, 0.1) is 5.92 Å². The number of benzene rings is 1. The average Bonchev–Trinajstić information content (AvgIpc) is 2.71. The van der Waals surface area contributed by atoms with E-state index in [2.05, 4.69) is 0 Å². The van der Waals surface area contributed by atoms with Gasteiger partial charge < -0.3 is 15.1 Å². The lowest BCUT2D eigenvalue weighted by molar-refractivity contribution is -0.141. The van der Waals surface area contributed by atoms with Crippen LogP contribution in [-0.2, 0) is 9.59 Å². The van der Waals surface area contributed by atoms with Crippen LogP contribution >= 0.6 is 11.6 Å². The Kier molecular flexibility index (Phi) is 3.44. The number of halogens is 1. The number of aromatic carboxylic acids is 1. The Balaban J connectivity index is 2.30. The molecule has 1 fully saturated rings. The lowest BCUT2D eigenvalue weighted by Crippen LogP contribution is -2.26. The fourth-order valence-corrected chi connectivity index (χ4v) is 2.25. The summed E-state index contributed by atoms with van der Waals surface area (Å²) in [5, 5.41) is 17.8. The largest absolute Gasteiger partial charge is 0.481 e. The summed E-state index contributed by atoms with van der Waals surface area (Å²) in [4.78, 5) is 34.7. The molecular weight excluding hydrogens is 274 g/mol. The molecule has 0 unspecified atom stereocenters. The lowest BCUT2D eigenvalue weighted by atomic mass is 10.1. The molecule has 0 saturated carbocycles. The molecule has 1 atom stereocenters. The number of anilines is 1. The van der Waals surface area contributed by atoms with E-state index in [1.165, 1.54) is 23.1 Å². The molecule has 2 rings (SSSR count). The van der Waals surface area contributed by atoms with Crippen LogP contribution < -0.4 is 4.90 Å². The fourth-order valence-electron chi connectivity index (χ4n) is 1.96. The van der Waals surface area contributed by atoms with Crippen molar-refractivity contribution >= 4 is 35.1 Å². The maximum absolute atomic E-state index is 11.7. The van der Waals surface area contributed by atoms with Gasteiger partial charge in [-0.2, -0.15) is 0 Å². The van der Waals surface area contributed by atoms with Gasteiger partial charge in [0.05, 0.1) is 22.2 Å². The number of carboxylic acid groups (broad SMARTS) is 2. The zero-order chi connectivity index (χ0) is 14.2. The second kappa shape index (κ2) is 4.89. The number of carbonyl (C=O) groups is 3. The van der Waals surface area contributed by atoms with E-state index in [4.69, 9.17) is 21.8 Å². The minimum absolute atomic E-state index is 0.00943. The summed E-state index contributed by atoms with van der Waals surface area (Å²) in [7, 11) is 0. The first-order chi connectivity index (χ1) is 8.90. The van der Waals surface area contributed by atoms with Crippen LogP contribution in [0.5, 0.6) is 0 Å². The standard InChI is InChI=1S/C12H10ClNO5/c13-8-3-6(11(16)17)1-2-9(8)14-5-7(12(18)19)4-10(14)15/h1-3,7H,4-5H2,(H,16,17)(H,18,19)/t7-/m1/s1. The molecule has 100 valence electrons. The Bertz CT molecular complexity index is 571. The second-order valence-corrected chi connectivity index (χ2v) is 4.62. The number of hydrogen-bond donors (Lipinski definition) is 2. The van der Waals surface area contributed by atoms with Gasteiger partial charge in [-0.05, 0) is 18.2 Å². The monoisotopic (exact) mass is 283 g/mol. The third-order valence-corrected chi connectivity index (χ3v) is 3.26. The van der Waals surface area contributed by atoms with Gasteiger partial charge in [0.2, 0.25) is 5.91 Å². The summed E-state index contributed by atoms with van der Waals surface area (Å²) in [6.45, 7) is 0.0420. The van der Waals surface area contributed by atoms with E-state index in [0.29, 0.717) is 5.69 Å². The molecule has 19 heavy (non-hydrogen) atoms. The zero-order valence-corrected chi connectivity index (χ0v) is 10.4. The summed E-state index contributed by atoms with van der Waals surface area (Å²) in [6, 6.07) is 3.97. The number of carboxylic acids is 2. The molecule has 1 aromatic carbocycles. The second-order valence-electron chi connectivity index (χ2n) is 4.21. The van der Waals surface area contributed by atoms with Crippen molar-refractivity contribution in [1.29, 1.82) is 0 Å². The smallest absolute Gasteiger partial charge is 0.335 e. The molecule has 1 aliphatic rings. The normalized spacial score (nSPS) is 18.7. The molecule has 1 aromatic rings. The molecule has 0 radical (unpaired) electrons. The first kappa shape index (κ1) is 13.4. The van der Waals surface area contributed by atoms with Crippen molar-refractivity contribution in [2.45, 2.75) is 6.42 Å². The van der Waals surface area contributed by atoms with Crippen LogP contribution in [0.3, 0.4) is 0 Å². The van der Waals surface area contributed by atoms with E-state index < -0.39 is 17.9 Å². The maximum Gasteiger partial charge on any atom is 0.335 e. The first-order valence-corrected chi connectivity index (χ1v) is 5.84. The van der Waals surface area contributed by atoms with Crippen LogP contribution in [0.1, 0.15) is 16.8 Å². The zero-order valence-electron chi connectivity index (χ0n) is 9.67. The van der Waals surface area contributed by atoms with Crippen molar-refractivity contribution in [3.05, 3.63) is 28.8 Å². The Morgan fingerprint density at radius 1 is 1.32 bits per heavy atom. The molecular formula is C12H10ClNO5. The Labute approximate surface area is 113 Å². The summed E-state index contributed by atoms with van der Waals surface area (Å²) >= 11 is 5.94. The molecule has 1 amide bonds. The predicted molar refractivity (Wildman–Crippen MR) is 66.5 cm³/mol. The highest BCUT2D eigenvalue weighted by Gasteiger charge is 2.35. The molecule has 2 N–H and O–H groups in total. The number of aliphatic carboxylic acids is 1. The van der Waals surface area contributed by atoms with Crippen molar-refractivity contribution in [1.82, 2.24) is 0 Å². The molecule has 7 heteroatoms. The SMILES string of the molecule is O=C(O)c1ccc(N2C[C@H](C(=O)O)CC2=O)c(Cl)c1. The minimum atomic E-state index is -1.12. The Morgan fingerprint density at radius 2 is 2.00 bits per heavy atom. The van der Waals surface area contributed by atoms with E-state index in [-0.39, 0.29) is 29.5 Å². The number of amides is 1. The quantitative estimate of drug-likeness (QED) is 0.876. The molecule has 6 nitrogen and oxygen atoms in total. The predicted octanol–water partition coefficient (Wildman–Crippen LogP) is 1.48. The van der Waals surface area contributed by atoms with Crippen LogP contribution in [0.2, 0.25) is 5.02 Å². The summed E-state index contributed by atoms with van der Waals surface area (Å²) in [5.41, 5.74) is 0.343. The van der Waals surface area contributed by atoms with E-state index in [1.54, 1.807) is 0 Å². The van der Waals surface area contributed by atoms with Gasteiger partial charge in [0.25, 0.3) is 0 Å². The van der Waals surface area contributed by atoms with Gasteiger partial charge in [-0.1, -0.05) is 11.6 Å². The number of rotatable bonds is 3. The highest BCUT2D eigenvalue weighted by Crippen LogP contribution is 2.32. The third kappa shape index (κ3) is 2.53. The molecule has 1 aliphatic heterocycles. The molecule has 0 spiro atoms.